The highest BCUT2D eigenvalue weighted by atomic mass is 16.2. The average molecular weight is 309 g/mol. The molecule has 118 valence electrons. The van der Waals surface area contributed by atoms with Crippen molar-refractivity contribution in [2.75, 3.05) is 25.1 Å². The Kier molecular flexibility index (Phi) is 3.22. The van der Waals surface area contributed by atoms with Gasteiger partial charge in [0.2, 0.25) is 5.91 Å². The van der Waals surface area contributed by atoms with Crippen LogP contribution in [-0.2, 0) is 17.6 Å². The molecule has 0 aromatic heterocycles. The molecule has 23 heavy (non-hydrogen) atoms. The van der Waals surface area contributed by atoms with Crippen LogP contribution in [0.25, 0.3) is 10.8 Å². The number of urea groups is 1. The fourth-order valence-corrected chi connectivity index (χ4v) is 3.56. The van der Waals surface area contributed by atoms with Crippen LogP contribution in [0.4, 0.5) is 10.5 Å². The van der Waals surface area contributed by atoms with Gasteiger partial charge in [-0.3, -0.25) is 9.69 Å². The van der Waals surface area contributed by atoms with Crippen LogP contribution < -0.4 is 5.32 Å². The van der Waals surface area contributed by atoms with Crippen LogP contribution in [0.3, 0.4) is 0 Å². The lowest BCUT2D eigenvalue weighted by atomic mass is 10.0. The molecule has 1 aliphatic carbocycles. The average Bonchev–Trinajstić information content (AvgIpc) is 3.15. The van der Waals surface area contributed by atoms with E-state index in [4.69, 9.17) is 0 Å². The van der Waals surface area contributed by atoms with Crippen LogP contribution in [0.1, 0.15) is 18.1 Å². The number of amides is 3. The fourth-order valence-electron chi connectivity index (χ4n) is 3.56. The van der Waals surface area contributed by atoms with Crippen LogP contribution in [0.5, 0.6) is 0 Å². The number of nitrogens with zero attached hydrogens (tertiary/aromatic N) is 2. The molecule has 2 aromatic carbocycles. The predicted molar refractivity (Wildman–Crippen MR) is 89.3 cm³/mol. The number of rotatable bonds is 2. The zero-order valence-electron chi connectivity index (χ0n) is 13.1. The summed E-state index contributed by atoms with van der Waals surface area (Å²) < 4.78 is 0. The van der Waals surface area contributed by atoms with Crippen molar-refractivity contribution < 1.29 is 9.59 Å². The van der Waals surface area contributed by atoms with Gasteiger partial charge in [-0.05, 0) is 42.3 Å². The summed E-state index contributed by atoms with van der Waals surface area (Å²) in [7, 11) is 0. The summed E-state index contributed by atoms with van der Waals surface area (Å²) in [5.41, 5.74) is 3.52. The minimum atomic E-state index is -0.215. The second-order valence-electron chi connectivity index (χ2n) is 6.13. The van der Waals surface area contributed by atoms with Gasteiger partial charge >= 0.3 is 6.03 Å². The summed E-state index contributed by atoms with van der Waals surface area (Å²) in [6, 6.07) is 10.1. The first-order chi connectivity index (χ1) is 11.2. The Morgan fingerprint density at radius 2 is 1.96 bits per heavy atom. The topological polar surface area (TPSA) is 52.6 Å². The van der Waals surface area contributed by atoms with Crippen LogP contribution in [0.15, 0.2) is 30.3 Å². The minimum absolute atomic E-state index is 0.00283. The number of carbonyl (C=O) groups is 2. The van der Waals surface area contributed by atoms with Gasteiger partial charge in [0, 0.05) is 11.9 Å². The van der Waals surface area contributed by atoms with E-state index in [1.165, 1.54) is 16.5 Å². The van der Waals surface area contributed by atoms with Gasteiger partial charge in [0.05, 0.1) is 12.4 Å². The summed E-state index contributed by atoms with van der Waals surface area (Å²) in [5, 5.41) is 5.35. The third-order valence-corrected chi connectivity index (χ3v) is 4.81. The molecule has 4 rings (SSSR count). The van der Waals surface area contributed by atoms with Crippen molar-refractivity contribution in [2.45, 2.75) is 19.8 Å². The van der Waals surface area contributed by atoms with Crippen molar-refractivity contribution in [3.8, 4) is 0 Å². The molecule has 0 atom stereocenters. The van der Waals surface area contributed by atoms with E-state index in [0.717, 1.165) is 23.9 Å². The SMILES string of the molecule is CCN1CN(C(=O)Nc2ccc3c4c(cccc24)CC3)CC1=O. The molecule has 2 aliphatic rings. The van der Waals surface area contributed by atoms with Crippen molar-refractivity contribution in [3.05, 3.63) is 41.5 Å². The molecule has 3 amide bonds. The first-order valence-electron chi connectivity index (χ1n) is 8.04. The van der Waals surface area contributed by atoms with Crippen LogP contribution in [-0.4, -0.2) is 41.5 Å². The van der Waals surface area contributed by atoms with E-state index in [-0.39, 0.29) is 18.5 Å². The van der Waals surface area contributed by atoms with Crippen molar-refractivity contribution in [2.24, 2.45) is 0 Å². The zero-order valence-corrected chi connectivity index (χ0v) is 13.1. The van der Waals surface area contributed by atoms with Gasteiger partial charge in [0.25, 0.3) is 0 Å². The molecule has 1 fully saturated rings. The van der Waals surface area contributed by atoms with Gasteiger partial charge in [-0.25, -0.2) is 4.79 Å². The third kappa shape index (κ3) is 2.23. The Morgan fingerprint density at radius 3 is 2.70 bits per heavy atom. The highest BCUT2D eigenvalue weighted by Crippen LogP contribution is 2.35. The lowest BCUT2D eigenvalue weighted by Crippen LogP contribution is -2.34. The quantitative estimate of drug-likeness (QED) is 0.927. The van der Waals surface area contributed by atoms with E-state index in [0.29, 0.717) is 13.2 Å². The second-order valence-corrected chi connectivity index (χ2v) is 6.13. The number of hydrogen-bond acceptors (Lipinski definition) is 2. The molecule has 1 heterocycles. The Balaban J connectivity index is 1.62. The lowest BCUT2D eigenvalue weighted by Gasteiger charge is -2.18. The number of likely N-dealkylation sites (N-methyl/N-ethyl adjacent to an activating group) is 1. The van der Waals surface area contributed by atoms with E-state index in [2.05, 4.69) is 23.5 Å². The van der Waals surface area contributed by atoms with Crippen LogP contribution in [0, 0.1) is 0 Å². The Hall–Kier alpha value is -2.56. The largest absolute Gasteiger partial charge is 0.324 e. The van der Waals surface area contributed by atoms with E-state index >= 15 is 0 Å². The molecule has 2 aromatic rings. The van der Waals surface area contributed by atoms with Gasteiger partial charge < -0.3 is 10.2 Å². The van der Waals surface area contributed by atoms with Crippen LogP contribution >= 0.6 is 0 Å². The second kappa shape index (κ2) is 5.26. The maximum atomic E-state index is 12.5. The van der Waals surface area contributed by atoms with Crippen molar-refractivity contribution in [1.82, 2.24) is 9.80 Å². The van der Waals surface area contributed by atoms with Crippen molar-refractivity contribution >= 4 is 28.4 Å². The molecule has 0 radical (unpaired) electrons. The lowest BCUT2D eigenvalue weighted by molar-refractivity contribution is -0.126. The minimum Gasteiger partial charge on any atom is -0.324 e. The Morgan fingerprint density at radius 1 is 1.17 bits per heavy atom. The summed E-state index contributed by atoms with van der Waals surface area (Å²) in [6.07, 6.45) is 2.13. The van der Waals surface area contributed by atoms with E-state index in [9.17, 15) is 9.59 Å². The van der Waals surface area contributed by atoms with E-state index < -0.39 is 0 Å². The van der Waals surface area contributed by atoms with Gasteiger partial charge in [-0.1, -0.05) is 24.3 Å². The maximum Gasteiger partial charge on any atom is 0.323 e. The van der Waals surface area contributed by atoms with Gasteiger partial charge in [-0.2, -0.15) is 0 Å². The summed E-state index contributed by atoms with van der Waals surface area (Å²) in [5.74, 6) is 0.00283. The standard InChI is InChI=1S/C18H19N3O2/c1-2-20-11-21(10-16(20)22)18(23)19-15-9-8-13-7-6-12-4-3-5-14(15)17(12)13/h3-5,8-9H,2,6-7,10-11H2,1H3,(H,19,23). The van der Waals surface area contributed by atoms with Gasteiger partial charge in [-0.15, -0.1) is 0 Å². The molecule has 0 spiro atoms. The van der Waals surface area contributed by atoms with Crippen molar-refractivity contribution in [1.29, 1.82) is 0 Å². The van der Waals surface area contributed by atoms with Crippen molar-refractivity contribution in [3.63, 3.8) is 0 Å². The number of hydrogen-bond donors (Lipinski definition) is 1. The molecule has 1 saturated heterocycles. The Bertz CT molecular complexity index is 805. The number of nitrogens with one attached hydrogen (secondary N) is 1. The summed E-state index contributed by atoms with van der Waals surface area (Å²) >= 11 is 0. The normalized spacial score (nSPS) is 16.5. The maximum absolute atomic E-state index is 12.5. The molecule has 1 N–H and O–H groups in total. The number of anilines is 1. The molecule has 0 saturated carbocycles. The number of carbonyl (C=O) groups excluding carboxylic acids is 2. The first kappa shape index (κ1) is 14.1. The molecule has 0 bridgehead atoms. The molecule has 1 aliphatic heterocycles. The molecule has 5 nitrogen and oxygen atoms in total. The highest BCUT2D eigenvalue weighted by Gasteiger charge is 2.30. The number of aryl methyl sites for hydroxylation is 2. The molecular weight excluding hydrogens is 290 g/mol. The highest BCUT2D eigenvalue weighted by molar-refractivity contribution is 6.05. The van der Waals surface area contributed by atoms with Crippen LogP contribution in [0.2, 0.25) is 0 Å². The van der Waals surface area contributed by atoms with E-state index in [1.807, 2.05) is 19.1 Å². The van der Waals surface area contributed by atoms with E-state index in [1.54, 1.807) is 9.80 Å². The molecule has 0 unspecified atom stereocenters. The fraction of sp³-hybridized carbons (Fsp3) is 0.333. The summed E-state index contributed by atoms with van der Waals surface area (Å²) in [4.78, 5) is 27.5. The number of benzene rings is 2. The monoisotopic (exact) mass is 309 g/mol. The smallest absolute Gasteiger partial charge is 0.323 e. The Labute approximate surface area is 134 Å². The van der Waals surface area contributed by atoms with Gasteiger partial charge in [0.1, 0.15) is 6.54 Å². The zero-order chi connectivity index (χ0) is 16.0. The van der Waals surface area contributed by atoms with Gasteiger partial charge in [0.15, 0.2) is 0 Å². The molecular formula is C18H19N3O2. The predicted octanol–water partition coefficient (Wildman–Crippen LogP) is 2.59. The third-order valence-electron chi connectivity index (χ3n) is 4.81. The summed E-state index contributed by atoms with van der Waals surface area (Å²) in [6.45, 7) is 3.07. The first-order valence-corrected chi connectivity index (χ1v) is 8.04. The molecule has 5 heteroatoms.